The lowest BCUT2D eigenvalue weighted by Gasteiger charge is -2.30. The smallest absolute Gasteiger partial charge is 0.258 e. The molecule has 1 saturated carbocycles. The first-order chi connectivity index (χ1) is 12.1. The minimum Gasteiger partial charge on any atom is -0.493 e. The van der Waals surface area contributed by atoms with Gasteiger partial charge in [-0.3, -0.25) is 4.79 Å². The summed E-state index contributed by atoms with van der Waals surface area (Å²) in [7, 11) is 3.04. The topological polar surface area (TPSA) is 38.8 Å². The number of carbonyl (C=O) groups is 1. The maximum atomic E-state index is 14.2. The Kier molecular flexibility index (Phi) is 4.93. The molecule has 0 radical (unpaired) electrons. The molecule has 25 heavy (non-hydrogen) atoms. The first kappa shape index (κ1) is 17.3. The van der Waals surface area contributed by atoms with Gasteiger partial charge in [0.2, 0.25) is 0 Å². The van der Waals surface area contributed by atoms with Crippen LogP contribution in [0, 0.1) is 5.82 Å². The maximum Gasteiger partial charge on any atom is 0.258 e. The summed E-state index contributed by atoms with van der Waals surface area (Å²) in [5.74, 6) is 0.434. The Balaban J connectivity index is 2.00. The van der Waals surface area contributed by atoms with Gasteiger partial charge in [-0.05, 0) is 38.0 Å². The molecule has 1 unspecified atom stereocenters. The number of carbonyl (C=O) groups excluding carboxylic acids is 1. The summed E-state index contributed by atoms with van der Waals surface area (Å²) in [5, 5.41) is 0. The van der Waals surface area contributed by atoms with Crippen LogP contribution in [0.25, 0.3) is 0 Å². The van der Waals surface area contributed by atoms with Crippen LogP contribution in [0.5, 0.6) is 11.5 Å². The minimum absolute atomic E-state index is 0.123. The van der Waals surface area contributed by atoms with Crippen molar-refractivity contribution >= 4 is 5.91 Å². The third kappa shape index (κ3) is 3.31. The highest BCUT2D eigenvalue weighted by Crippen LogP contribution is 2.39. The first-order valence-corrected chi connectivity index (χ1v) is 8.36. The first-order valence-electron chi connectivity index (χ1n) is 8.36. The summed E-state index contributed by atoms with van der Waals surface area (Å²) < 4.78 is 24.9. The summed E-state index contributed by atoms with van der Waals surface area (Å²) in [4.78, 5) is 15.0. The fraction of sp³-hybridized carbons (Fsp3) is 0.350. The Hall–Kier alpha value is -2.56. The highest BCUT2D eigenvalue weighted by atomic mass is 19.1. The van der Waals surface area contributed by atoms with Crippen molar-refractivity contribution in [2.75, 3.05) is 14.2 Å². The summed E-state index contributed by atoms with van der Waals surface area (Å²) in [6.07, 6.45) is 1.85. The fourth-order valence-electron chi connectivity index (χ4n) is 3.17. The van der Waals surface area contributed by atoms with Crippen molar-refractivity contribution in [3.63, 3.8) is 0 Å². The number of benzene rings is 2. The van der Waals surface area contributed by atoms with Crippen LogP contribution in [-0.4, -0.2) is 31.1 Å². The third-order valence-corrected chi connectivity index (χ3v) is 4.58. The van der Waals surface area contributed by atoms with Gasteiger partial charge in [0.05, 0.1) is 25.8 Å². The molecule has 0 N–H and O–H groups in total. The van der Waals surface area contributed by atoms with E-state index in [0.717, 1.165) is 12.8 Å². The summed E-state index contributed by atoms with van der Waals surface area (Å²) in [6, 6.07) is 11.6. The van der Waals surface area contributed by atoms with E-state index in [2.05, 4.69) is 0 Å². The van der Waals surface area contributed by atoms with Gasteiger partial charge in [0.15, 0.2) is 11.5 Å². The zero-order valence-corrected chi connectivity index (χ0v) is 14.7. The largest absolute Gasteiger partial charge is 0.493 e. The van der Waals surface area contributed by atoms with Gasteiger partial charge in [0, 0.05) is 11.6 Å². The van der Waals surface area contributed by atoms with Gasteiger partial charge in [-0.1, -0.05) is 24.3 Å². The molecule has 0 bridgehead atoms. The number of hydrogen-bond acceptors (Lipinski definition) is 3. The molecule has 0 aromatic heterocycles. The second kappa shape index (κ2) is 7.13. The molecule has 0 spiro atoms. The lowest BCUT2D eigenvalue weighted by molar-refractivity contribution is 0.0667. The monoisotopic (exact) mass is 343 g/mol. The summed E-state index contributed by atoms with van der Waals surface area (Å²) in [5.41, 5.74) is 0.946. The van der Waals surface area contributed by atoms with Crippen molar-refractivity contribution in [1.29, 1.82) is 0 Å². The van der Waals surface area contributed by atoms with Crippen molar-refractivity contribution in [3.05, 3.63) is 59.4 Å². The molecule has 2 aromatic rings. The van der Waals surface area contributed by atoms with E-state index in [1.54, 1.807) is 41.3 Å². The molecule has 3 rings (SSSR count). The van der Waals surface area contributed by atoms with E-state index in [9.17, 15) is 9.18 Å². The predicted octanol–water partition coefficient (Wildman–Crippen LogP) is 4.21. The van der Waals surface area contributed by atoms with Gasteiger partial charge in [-0.25, -0.2) is 4.39 Å². The second-order valence-corrected chi connectivity index (χ2v) is 6.18. The van der Waals surface area contributed by atoms with Crippen molar-refractivity contribution in [2.45, 2.75) is 31.8 Å². The summed E-state index contributed by atoms with van der Waals surface area (Å²) >= 11 is 0. The lowest BCUT2D eigenvalue weighted by Crippen LogP contribution is -2.36. The van der Waals surface area contributed by atoms with E-state index in [4.69, 9.17) is 9.47 Å². The van der Waals surface area contributed by atoms with Gasteiger partial charge >= 0.3 is 0 Å². The second-order valence-electron chi connectivity index (χ2n) is 6.18. The molecule has 132 valence electrons. The number of hydrogen-bond donors (Lipinski definition) is 0. The molecule has 2 aromatic carbocycles. The number of halogens is 1. The Morgan fingerprint density at radius 2 is 1.84 bits per heavy atom. The summed E-state index contributed by atoms with van der Waals surface area (Å²) in [6.45, 7) is 1.86. The average Bonchev–Trinajstić information content (AvgIpc) is 3.46. The molecule has 0 heterocycles. The zero-order chi connectivity index (χ0) is 18.0. The van der Waals surface area contributed by atoms with E-state index in [1.807, 2.05) is 6.92 Å². The molecule has 4 nitrogen and oxygen atoms in total. The van der Waals surface area contributed by atoms with Gasteiger partial charge in [0.1, 0.15) is 5.82 Å². The SMILES string of the molecule is COc1cccc(C(=O)N(C2CC2)C(C)c2ccccc2F)c1OC. The molecule has 0 saturated heterocycles. The molecular formula is C20H22FNO3. The standard InChI is InChI=1S/C20H22FNO3/c1-13(15-7-4-5-9-17(15)21)22(14-11-12-14)20(23)16-8-6-10-18(24-2)19(16)25-3/h4-10,13-14H,11-12H2,1-3H3. The van der Waals surface area contributed by atoms with Gasteiger partial charge < -0.3 is 14.4 Å². The Labute approximate surface area is 147 Å². The number of ether oxygens (including phenoxy) is 2. The minimum atomic E-state index is -0.364. The van der Waals surface area contributed by atoms with E-state index < -0.39 is 0 Å². The predicted molar refractivity (Wildman–Crippen MR) is 93.6 cm³/mol. The van der Waals surface area contributed by atoms with Crippen LogP contribution in [0.1, 0.15) is 41.7 Å². The van der Waals surface area contributed by atoms with Crippen molar-refractivity contribution in [1.82, 2.24) is 4.90 Å². The normalized spacial score (nSPS) is 14.7. The molecular weight excluding hydrogens is 321 g/mol. The number of para-hydroxylation sites is 1. The molecule has 1 fully saturated rings. The number of amides is 1. The van der Waals surface area contributed by atoms with E-state index in [1.165, 1.54) is 20.3 Å². The van der Waals surface area contributed by atoms with Crippen LogP contribution in [0.3, 0.4) is 0 Å². The molecule has 1 aliphatic carbocycles. The number of rotatable bonds is 6. The van der Waals surface area contributed by atoms with Crippen molar-refractivity contribution in [3.8, 4) is 11.5 Å². The quantitative estimate of drug-likeness (QED) is 0.789. The Morgan fingerprint density at radius 3 is 2.44 bits per heavy atom. The van der Waals surface area contributed by atoms with Crippen LogP contribution in [-0.2, 0) is 0 Å². The average molecular weight is 343 g/mol. The van der Waals surface area contributed by atoms with Crippen LogP contribution in [0.2, 0.25) is 0 Å². The number of methoxy groups -OCH3 is 2. The Morgan fingerprint density at radius 1 is 1.12 bits per heavy atom. The highest BCUT2D eigenvalue weighted by molar-refractivity contribution is 5.98. The van der Waals surface area contributed by atoms with Gasteiger partial charge in [-0.2, -0.15) is 0 Å². The van der Waals surface area contributed by atoms with Gasteiger partial charge in [0.25, 0.3) is 5.91 Å². The molecule has 5 heteroatoms. The zero-order valence-electron chi connectivity index (χ0n) is 14.7. The third-order valence-electron chi connectivity index (χ3n) is 4.58. The molecule has 0 aliphatic heterocycles. The van der Waals surface area contributed by atoms with E-state index in [0.29, 0.717) is 22.6 Å². The maximum absolute atomic E-state index is 14.2. The van der Waals surface area contributed by atoms with Gasteiger partial charge in [-0.15, -0.1) is 0 Å². The lowest BCUT2D eigenvalue weighted by atomic mass is 10.0. The van der Waals surface area contributed by atoms with Crippen LogP contribution in [0.4, 0.5) is 4.39 Å². The molecule has 1 aliphatic rings. The number of nitrogens with zero attached hydrogens (tertiary/aromatic N) is 1. The van der Waals surface area contributed by atoms with E-state index in [-0.39, 0.29) is 23.8 Å². The van der Waals surface area contributed by atoms with Crippen molar-refractivity contribution in [2.24, 2.45) is 0 Å². The van der Waals surface area contributed by atoms with Crippen LogP contribution >= 0.6 is 0 Å². The molecule has 1 amide bonds. The van der Waals surface area contributed by atoms with Crippen LogP contribution in [0.15, 0.2) is 42.5 Å². The Bertz CT molecular complexity index is 773. The van der Waals surface area contributed by atoms with Crippen LogP contribution < -0.4 is 9.47 Å². The fourth-order valence-corrected chi connectivity index (χ4v) is 3.17. The van der Waals surface area contributed by atoms with Crippen molar-refractivity contribution < 1.29 is 18.7 Å². The highest BCUT2D eigenvalue weighted by Gasteiger charge is 2.38. The molecule has 1 atom stereocenters. The van der Waals surface area contributed by atoms with E-state index >= 15 is 0 Å².